The lowest BCUT2D eigenvalue weighted by atomic mass is 10.1. The van der Waals surface area contributed by atoms with E-state index in [4.69, 9.17) is 0 Å². The van der Waals surface area contributed by atoms with Crippen molar-refractivity contribution in [2.24, 2.45) is 0 Å². The van der Waals surface area contributed by atoms with Crippen molar-refractivity contribution in [3.8, 4) is 0 Å². The Balaban J connectivity index is 2.84. The van der Waals surface area contributed by atoms with Crippen molar-refractivity contribution in [2.75, 3.05) is 12.4 Å². The van der Waals surface area contributed by atoms with E-state index in [1.165, 1.54) is 0 Å². The number of hydrogen-bond acceptors (Lipinski definition) is 3. The smallest absolute Gasteiger partial charge is 0.164 e. The first-order valence-corrected chi connectivity index (χ1v) is 3.95. The molecule has 0 aliphatic heterocycles. The van der Waals surface area contributed by atoms with Crippen LogP contribution in [0.15, 0.2) is 18.3 Å². The predicted molar refractivity (Wildman–Crippen MR) is 48.4 cm³/mol. The van der Waals surface area contributed by atoms with E-state index in [1.54, 1.807) is 25.4 Å². The second-order valence-corrected chi connectivity index (χ2v) is 2.46. The van der Waals surface area contributed by atoms with Gasteiger partial charge in [0.2, 0.25) is 0 Å². The summed E-state index contributed by atoms with van der Waals surface area (Å²) >= 11 is 0. The number of ketones is 1. The molecule has 0 unspecified atom stereocenters. The molecule has 1 heterocycles. The normalized spacial score (nSPS) is 9.50. The fraction of sp³-hybridized carbons (Fsp3) is 0.333. The average molecular weight is 164 g/mol. The molecule has 0 aliphatic carbocycles. The van der Waals surface area contributed by atoms with E-state index in [0.29, 0.717) is 12.0 Å². The fourth-order valence-electron chi connectivity index (χ4n) is 0.911. The Kier molecular flexibility index (Phi) is 2.80. The van der Waals surface area contributed by atoms with Crippen LogP contribution in [0.1, 0.15) is 23.7 Å². The molecule has 0 saturated heterocycles. The van der Waals surface area contributed by atoms with Crippen LogP contribution in [-0.4, -0.2) is 17.8 Å². The first kappa shape index (κ1) is 8.71. The molecule has 0 bridgehead atoms. The molecule has 0 aromatic carbocycles. The van der Waals surface area contributed by atoms with Crippen molar-refractivity contribution < 1.29 is 4.79 Å². The van der Waals surface area contributed by atoms with E-state index >= 15 is 0 Å². The topological polar surface area (TPSA) is 42.0 Å². The molecule has 1 aromatic rings. The number of Topliss-reactive ketones (excluding diaryl/α,β-unsaturated/α-hetero) is 1. The van der Waals surface area contributed by atoms with E-state index in [0.717, 1.165) is 5.82 Å². The second-order valence-electron chi connectivity index (χ2n) is 2.46. The molecule has 3 heteroatoms. The molecular formula is C9H12N2O. The summed E-state index contributed by atoms with van der Waals surface area (Å²) in [5.41, 5.74) is 0.677. The molecular weight excluding hydrogens is 152 g/mol. The standard InChI is InChI=1S/C9H12N2O/c1-3-8(12)7-4-5-9(10-2)11-6-7/h4-6H,3H2,1-2H3,(H,10,11). The van der Waals surface area contributed by atoms with Crippen molar-refractivity contribution in [3.63, 3.8) is 0 Å². The number of rotatable bonds is 3. The van der Waals surface area contributed by atoms with Gasteiger partial charge in [-0.05, 0) is 12.1 Å². The fourth-order valence-corrected chi connectivity index (χ4v) is 0.911. The second kappa shape index (κ2) is 3.85. The number of aromatic nitrogens is 1. The van der Waals surface area contributed by atoms with Gasteiger partial charge in [-0.15, -0.1) is 0 Å². The lowest BCUT2D eigenvalue weighted by Gasteiger charge is -1.99. The largest absolute Gasteiger partial charge is 0.373 e. The minimum atomic E-state index is 0.130. The van der Waals surface area contributed by atoms with Crippen LogP contribution >= 0.6 is 0 Å². The van der Waals surface area contributed by atoms with Gasteiger partial charge < -0.3 is 5.32 Å². The summed E-state index contributed by atoms with van der Waals surface area (Å²) < 4.78 is 0. The Hall–Kier alpha value is -1.38. The molecule has 1 aromatic heterocycles. The molecule has 3 nitrogen and oxygen atoms in total. The number of carbonyl (C=O) groups excluding carboxylic acids is 1. The zero-order valence-electron chi connectivity index (χ0n) is 7.29. The van der Waals surface area contributed by atoms with Gasteiger partial charge in [0.05, 0.1) is 0 Å². The van der Waals surface area contributed by atoms with Crippen molar-refractivity contribution >= 4 is 11.6 Å². The van der Waals surface area contributed by atoms with Gasteiger partial charge in [0.1, 0.15) is 5.82 Å². The predicted octanol–water partition coefficient (Wildman–Crippen LogP) is 1.72. The molecule has 0 spiro atoms. The highest BCUT2D eigenvalue weighted by Crippen LogP contribution is 2.05. The van der Waals surface area contributed by atoms with E-state index in [-0.39, 0.29) is 5.78 Å². The summed E-state index contributed by atoms with van der Waals surface area (Å²) in [6.45, 7) is 1.84. The number of nitrogens with zero attached hydrogens (tertiary/aromatic N) is 1. The summed E-state index contributed by atoms with van der Waals surface area (Å²) in [4.78, 5) is 15.2. The Morgan fingerprint density at radius 2 is 2.33 bits per heavy atom. The average Bonchev–Trinajstić information content (AvgIpc) is 2.17. The third kappa shape index (κ3) is 1.81. The Morgan fingerprint density at radius 3 is 2.75 bits per heavy atom. The van der Waals surface area contributed by atoms with Gasteiger partial charge in [0.15, 0.2) is 5.78 Å². The van der Waals surface area contributed by atoms with Crippen molar-refractivity contribution in [3.05, 3.63) is 23.9 Å². The van der Waals surface area contributed by atoms with E-state index in [1.807, 2.05) is 6.92 Å². The molecule has 0 amide bonds. The van der Waals surface area contributed by atoms with E-state index in [9.17, 15) is 4.79 Å². The summed E-state index contributed by atoms with van der Waals surface area (Å²) in [5, 5.41) is 2.89. The van der Waals surface area contributed by atoms with Gasteiger partial charge in [0, 0.05) is 25.2 Å². The number of carbonyl (C=O) groups is 1. The van der Waals surface area contributed by atoms with Crippen LogP contribution in [0.5, 0.6) is 0 Å². The van der Waals surface area contributed by atoms with Crippen molar-refractivity contribution in [2.45, 2.75) is 13.3 Å². The van der Waals surface area contributed by atoms with E-state index in [2.05, 4.69) is 10.3 Å². The Labute approximate surface area is 71.8 Å². The van der Waals surface area contributed by atoms with Crippen LogP contribution in [0.4, 0.5) is 5.82 Å². The molecule has 0 aliphatic rings. The maximum Gasteiger partial charge on any atom is 0.164 e. The van der Waals surface area contributed by atoms with Gasteiger partial charge in [-0.25, -0.2) is 4.98 Å². The number of hydrogen-bond donors (Lipinski definition) is 1. The first-order chi connectivity index (χ1) is 5.77. The maximum atomic E-state index is 11.2. The molecule has 0 saturated carbocycles. The molecule has 0 radical (unpaired) electrons. The lowest BCUT2D eigenvalue weighted by Crippen LogP contribution is -1.98. The maximum absolute atomic E-state index is 11.2. The summed E-state index contributed by atoms with van der Waals surface area (Å²) in [6, 6.07) is 3.58. The van der Waals surface area contributed by atoms with Crippen molar-refractivity contribution in [1.82, 2.24) is 4.98 Å². The summed E-state index contributed by atoms with van der Waals surface area (Å²) in [6.07, 6.45) is 2.12. The van der Waals surface area contributed by atoms with Crippen molar-refractivity contribution in [1.29, 1.82) is 0 Å². The van der Waals surface area contributed by atoms with Crippen LogP contribution < -0.4 is 5.32 Å². The third-order valence-electron chi connectivity index (χ3n) is 1.66. The van der Waals surface area contributed by atoms with Gasteiger partial charge in [-0.3, -0.25) is 4.79 Å². The molecule has 64 valence electrons. The SMILES string of the molecule is CCC(=O)c1ccc(NC)nc1. The zero-order chi connectivity index (χ0) is 8.97. The van der Waals surface area contributed by atoms with Crippen LogP contribution in [0.2, 0.25) is 0 Å². The van der Waals surface area contributed by atoms with Crippen LogP contribution in [0.3, 0.4) is 0 Å². The van der Waals surface area contributed by atoms with Gasteiger partial charge in [0.25, 0.3) is 0 Å². The Morgan fingerprint density at radius 1 is 1.58 bits per heavy atom. The third-order valence-corrected chi connectivity index (χ3v) is 1.66. The minimum absolute atomic E-state index is 0.130. The highest BCUT2D eigenvalue weighted by atomic mass is 16.1. The number of nitrogens with one attached hydrogen (secondary N) is 1. The van der Waals surface area contributed by atoms with Crippen LogP contribution in [0.25, 0.3) is 0 Å². The molecule has 1 N–H and O–H groups in total. The zero-order valence-corrected chi connectivity index (χ0v) is 7.29. The summed E-state index contributed by atoms with van der Waals surface area (Å²) in [5.74, 6) is 0.910. The quantitative estimate of drug-likeness (QED) is 0.691. The Bertz CT molecular complexity index is 266. The minimum Gasteiger partial charge on any atom is -0.373 e. The number of anilines is 1. The number of pyridine rings is 1. The molecule has 0 fully saturated rings. The van der Waals surface area contributed by atoms with Gasteiger partial charge >= 0.3 is 0 Å². The monoisotopic (exact) mass is 164 g/mol. The summed E-state index contributed by atoms with van der Waals surface area (Å²) in [7, 11) is 1.80. The van der Waals surface area contributed by atoms with Crippen LogP contribution in [0, 0.1) is 0 Å². The molecule has 0 atom stereocenters. The van der Waals surface area contributed by atoms with E-state index < -0.39 is 0 Å². The molecule has 12 heavy (non-hydrogen) atoms. The lowest BCUT2D eigenvalue weighted by molar-refractivity contribution is 0.0988. The highest BCUT2D eigenvalue weighted by molar-refractivity contribution is 5.95. The van der Waals surface area contributed by atoms with Crippen LogP contribution in [-0.2, 0) is 0 Å². The van der Waals surface area contributed by atoms with Gasteiger partial charge in [-0.1, -0.05) is 6.92 Å². The highest BCUT2D eigenvalue weighted by Gasteiger charge is 2.01. The molecule has 1 rings (SSSR count). The van der Waals surface area contributed by atoms with Gasteiger partial charge in [-0.2, -0.15) is 0 Å². The first-order valence-electron chi connectivity index (χ1n) is 3.95.